The average molecular weight is 162 g/mol. The topological polar surface area (TPSA) is 12.0 Å². The summed E-state index contributed by atoms with van der Waals surface area (Å²) in [6.07, 6.45) is 4.99. The highest BCUT2D eigenvalue weighted by atomic mass is 35.5. The molecular weight excluding hydrogens is 146 g/mol. The molecule has 10 heavy (non-hydrogen) atoms. The van der Waals surface area contributed by atoms with Crippen LogP contribution < -0.4 is 5.32 Å². The molecule has 60 valence electrons. The molecule has 0 saturated heterocycles. The Morgan fingerprint density at radius 2 is 2.30 bits per heavy atom. The second-order valence-corrected chi connectivity index (χ2v) is 3.64. The lowest BCUT2D eigenvalue weighted by atomic mass is 9.95. The molecule has 0 aliphatic heterocycles. The summed E-state index contributed by atoms with van der Waals surface area (Å²) in [4.78, 5) is 0. The third kappa shape index (κ3) is 2.47. The first-order valence-electron chi connectivity index (χ1n) is 4.20. The molecule has 2 heteroatoms. The molecule has 0 spiro atoms. The molecule has 0 aromatic rings. The second-order valence-electron chi connectivity index (χ2n) is 3.02. The van der Waals surface area contributed by atoms with Gasteiger partial charge in [0.25, 0.3) is 0 Å². The van der Waals surface area contributed by atoms with Gasteiger partial charge in [0.2, 0.25) is 0 Å². The minimum absolute atomic E-state index is 0.429. The fourth-order valence-electron chi connectivity index (χ4n) is 1.60. The van der Waals surface area contributed by atoms with Crippen LogP contribution in [-0.4, -0.2) is 18.0 Å². The van der Waals surface area contributed by atoms with E-state index >= 15 is 0 Å². The fraction of sp³-hybridized carbons (Fsp3) is 1.00. The number of halogens is 1. The van der Waals surface area contributed by atoms with Gasteiger partial charge >= 0.3 is 0 Å². The van der Waals surface area contributed by atoms with Crippen LogP contribution in [0.15, 0.2) is 0 Å². The average Bonchev–Trinajstić information content (AvgIpc) is 1.88. The predicted molar refractivity (Wildman–Crippen MR) is 45.6 cm³/mol. The maximum absolute atomic E-state index is 6.01. The standard InChI is InChI=1S/C8H16ClN/c1-2-10-8-5-3-4-7(9)6-8/h7-8,10H,2-6H2,1H3. The highest BCUT2D eigenvalue weighted by Crippen LogP contribution is 2.22. The molecule has 0 aromatic heterocycles. The number of nitrogens with one attached hydrogen (secondary N) is 1. The first-order valence-corrected chi connectivity index (χ1v) is 4.64. The van der Waals surface area contributed by atoms with Crippen LogP contribution in [0, 0.1) is 0 Å². The Morgan fingerprint density at radius 3 is 2.90 bits per heavy atom. The van der Waals surface area contributed by atoms with Crippen molar-refractivity contribution in [3.63, 3.8) is 0 Å². The Hall–Kier alpha value is 0.250. The molecule has 1 N–H and O–H groups in total. The summed E-state index contributed by atoms with van der Waals surface area (Å²) in [6, 6.07) is 0.696. The smallest absolute Gasteiger partial charge is 0.0350 e. The Balaban J connectivity index is 2.18. The van der Waals surface area contributed by atoms with Crippen molar-refractivity contribution in [1.82, 2.24) is 5.32 Å². The molecule has 0 heterocycles. The summed E-state index contributed by atoms with van der Waals surface area (Å²) < 4.78 is 0. The summed E-state index contributed by atoms with van der Waals surface area (Å²) >= 11 is 6.01. The van der Waals surface area contributed by atoms with E-state index in [9.17, 15) is 0 Å². The van der Waals surface area contributed by atoms with Crippen LogP contribution in [0.5, 0.6) is 0 Å². The van der Waals surface area contributed by atoms with Crippen molar-refractivity contribution in [1.29, 1.82) is 0 Å². The number of rotatable bonds is 2. The van der Waals surface area contributed by atoms with Crippen molar-refractivity contribution in [3.05, 3.63) is 0 Å². The number of alkyl halides is 1. The summed E-state index contributed by atoms with van der Waals surface area (Å²) in [7, 11) is 0. The van der Waals surface area contributed by atoms with Gasteiger partial charge in [0.1, 0.15) is 0 Å². The Bertz CT molecular complexity index is 93.3. The molecule has 2 atom stereocenters. The first kappa shape index (κ1) is 8.35. The van der Waals surface area contributed by atoms with Crippen LogP contribution in [-0.2, 0) is 0 Å². The van der Waals surface area contributed by atoms with E-state index in [0.717, 1.165) is 13.0 Å². The van der Waals surface area contributed by atoms with E-state index in [2.05, 4.69) is 12.2 Å². The number of hydrogen-bond donors (Lipinski definition) is 1. The van der Waals surface area contributed by atoms with Crippen molar-refractivity contribution >= 4 is 11.6 Å². The molecule has 0 radical (unpaired) electrons. The van der Waals surface area contributed by atoms with Crippen molar-refractivity contribution in [2.45, 2.75) is 44.0 Å². The van der Waals surface area contributed by atoms with Crippen molar-refractivity contribution in [3.8, 4) is 0 Å². The first-order chi connectivity index (χ1) is 4.83. The zero-order valence-electron chi connectivity index (χ0n) is 6.57. The highest BCUT2D eigenvalue weighted by Gasteiger charge is 2.18. The molecule has 0 bridgehead atoms. The maximum Gasteiger partial charge on any atom is 0.0350 e. The fourth-order valence-corrected chi connectivity index (χ4v) is 1.97. The maximum atomic E-state index is 6.01. The van der Waals surface area contributed by atoms with E-state index in [-0.39, 0.29) is 0 Å². The van der Waals surface area contributed by atoms with E-state index in [1.165, 1.54) is 19.3 Å². The van der Waals surface area contributed by atoms with Gasteiger partial charge in [-0.1, -0.05) is 13.3 Å². The number of hydrogen-bond acceptors (Lipinski definition) is 1. The molecule has 0 aromatic carbocycles. The molecule has 1 saturated carbocycles. The highest BCUT2D eigenvalue weighted by molar-refractivity contribution is 6.20. The zero-order chi connectivity index (χ0) is 7.40. The van der Waals surface area contributed by atoms with Crippen LogP contribution >= 0.6 is 11.6 Å². The van der Waals surface area contributed by atoms with Crippen molar-refractivity contribution in [2.24, 2.45) is 0 Å². The minimum atomic E-state index is 0.429. The monoisotopic (exact) mass is 161 g/mol. The molecule has 1 aliphatic rings. The van der Waals surface area contributed by atoms with Crippen molar-refractivity contribution < 1.29 is 0 Å². The summed E-state index contributed by atoms with van der Waals surface area (Å²) in [5.74, 6) is 0. The second kappa shape index (κ2) is 4.20. The van der Waals surface area contributed by atoms with E-state index < -0.39 is 0 Å². The molecule has 0 amide bonds. The molecule has 1 rings (SSSR count). The van der Waals surface area contributed by atoms with Gasteiger partial charge in [-0.25, -0.2) is 0 Å². The van der Waals surface area contributed by atoms with E-state index in [1.54, 1.807) is 0 Å². The zero-order valence-corrected chi connectivity index (χ0v) is 7.32. The third-order valence-electron chi connectivity index (χ3n) is 2.10. The lowest BCUT2D eigenvalue weighted by Gasteiger charge is -2.25. The largest absolute Gasteiger partial charge is 0.314 e. The molecule has 2 unspecified atom stereocenters. The molecular formula is C8H16ClN. The summed E-state index contributed by atoms with van der Waals surface area (Å²) in [5.41, 5.74) is 0. The van der Waals surface area contributed by atoms with Gasteiger partial charge in [0, 0.05) is 11.4 Å². The van der Waals surface area contributed by atoms with Gasteiger partial charge in [-0.3, -0.25) is 0 Å². The van der Waals surface area contributed by atoms with Crippen LogP contribution in [0.2, 0.25) is 0 Å². The summed E-state index contributed by atoms with van der Waals surface area (Å²) in [5, 5.41) is 3.86. The quantitative estimate of drug-likeness (QED) is 0.612. The van der Waals surface area contributed by atoms with Gasteiger partial charge < -0.3 is 5.32 Å². The van der Waals surface area contributed by atoms with E-state index in [4.69, 9.17) is 11.6 Å². The molecule has 1 nitrogen and oxygen atoms in total. The minimum Gasteiger partial charge on any atom is -0.314 e. The van der Waals surface area contributed by atoms with Crippen LogP contribution in [0.25, 0.3) is 0 Å². The Labute approximate surface area is 68.1 Å². The lowest BCUT2D eigenvalue weighted by molar-refractivity contribution is 0.384. The van der Waals surface area contributed by atoms with Crippen molar-refractivity contribution in [2.75, 3.05) is 6.54 Å². The Morgan fingerprint density at radius 1 is 1.50 bits per heavy atom. The molecule has 1 fully saturated rings. The molecule has 1 aliphatic carbocycles. The lowest BCUT2D eigenvalue weighted by Crippen LogP contribution is -2.34. The van der Waals surface area contributed by atoms with E-state index in [1.807, 2.05) is 0 Å². The summed E-state index contributed by atoms with van der Waals surface area (Å²) in [6.45, 7) is 3.23. The van der Waals surface area contributed by atoms with Gasteiger partial charge in [0.15, 0.2) is 0 Å². The Kier molecular flexibility index (Phi) is 3.50. The van der Waals surface area contributed by atoms with Gasteiger partial charge in [0.05, 0.1) is 0 Å². The van der Waals surface area contributed by atoms with Crippen LogP contribution in [0.3, 0.4) is 0 Å². The van der Waals surface area contributed by atoms with Gasteiger partial charge in [-0.2, -0.15) is 0 Å². The normalized spacial score (nSPS) is 34.2. The third-order valence-corrected chi connectivity index (χ3v) is 2.50. The van der Waals surface area contributed by atoms with Crippen LogP contribution in [0.1, 0.15) is 32.6 Å². The SMILES string of the molecule is CCNC1CCCC(Cl)C1. The van der Waals surface area contributed by atoms with E-state index in [0.29, 0.717) is 11.4 Å². The van der Waals surface area contributed by atoms with Gasteiger partial charge in [-0.15, -0.1) is 11.6 Å². The van der Waals surface area contributed by atoms with Crippen LogP contribution in [0.4, 0.5) is 0 Å². The predicted octanol–water partition coefficient (Wildman–Crippen LogP) is 2.15. The van der Waals surface area contributed by atoms with Gasteiger partial charge in [-0.05, 0) is 25.8 Å².